The van der Waals surface area contributed by atoms with Crippen LogP contribution in [0.1, 0.15) is 72.6 Å². The molecule has 5 atom stereocenters. The molecule has 1 heterocycles. The van der Waals surface area contributed by atoms with Crippen LogP contribution >= 0.6 is 11.8 Å². The molecule has 4 heteroatoms. The summed E-state index contributed by atoms with van der Waals surface area (Å²) in [6, 6.07) is 0. The summed E-state index contributed by atoms with van der Waals surface area (Å²) in [5.41, 5.74) is 0. The molecule has 1 spiro atoms. The third kappa shape index (κ3) is 3.44. The number of carbonyl (C=O) groups excluding carboxylic acids is 1. The predicted octanol–water partition coefficient (Wildman–Crippen LogP) is 4.78. The number of hydrogen-bond donors (Lipinski definition) is 0. The Morgan fingerprint density at radius 2 is 2.09 bits per heavy atom. The van der Waals surface area contributed by atoms with Gasteiger partial charge in [-0.25, -0.2) is 0 Å². The zero-order chi connectivity index (χ0) is 16.7. The smallest absolute Gasteiger partial charge is 0.306 e. The number of fused-ring (bicyclic) bond motifs is 1. The standard InChI is InChI=1S/C19H32O3S/c1-5-21-17(20)12-14-7-6-10-19(14)22-16-11-13(2)8-9-15(16)18(3,4)23-19/h13-16H,5-12H2,1-4H3/t13-,14+,15-,16+,19+/m1/s1. The molecule has 3 nitrogen and oxygen atoms in total. The van der Waals surface area contributed by atoms with Crippen molar-refractivity contribution in [1.29, 1.82) is 0 Å². The van der Waals surface area contributed by atoms with Gasteiger partial charge in [0.25, 0.3) is 0 Å². The van der Waals surface area contributed by atoms with E-state index in [0.29, 0.717) is 31.0 Å². The van der Waals surface area contributed by atoms with Crippen LogP contribution < -0.4 is 0 Å². The molecule has 1 aliphatic heterocycles. The fourth-order valence-corrected chi connectivity index (χ4v) is 7.14. The lowest BCUT2D eigenvalue weighted by Gasteiger charge is -2.55. The molecule has 0 bridgehead atoms. The molecule has 132 valence electrons. The summed E-state index contributed by atoms with van der Waals surface area (Å²) >= 11 is 2.02. The van der Waals surface area contributed by atoms with E-state index in [2.05, 4.69) is 20.8 Å². The van der Waals surface area contributed by atoms with Gasteiger partial charge in [0, 0.05) is 10.7 Å². The first-order valence-corrected chi connectivity index (χ1v) is 10.2. The number of esters is 1. The van der Waals surface area contributed by atoms with Crippen molar-refractivity contribution in [3.05, 3.63) is 0 Å². The number of hydrogen-bond acceptors (Lipinski definition) is 4. The molecule has 0 unspecified atom stereocenters. The van der Waals surface area contributed by atoms with E-state index in [1.54, 1.807) is 0 Å². The van der Waals surface area contributed by atoms with Crippen LogP contribution in [0.25, 0.3) is 0 Å². The maximum Gasteiger partial charge on any atom is 0.306 e. The zero-order valence-corrected chi connectivity index (χ0v) is 15.9. The van der Waals surface area contributed by atoms with Crippen LogP contribution in [0.4, 0.5) is 0 Å². The minimum atomic E-state index is -0.158. The SMILES string of the molecule is CCOC(=O)C[C@@H]1CCC[C@@]12O[C@H]1C[C@H](C)CC[C@H]1C(C)(C)S2. The van der Waals surface area contributed by atoms with E-state index in [4.69, 9.17) is 9.47 Å². The highest BCUT2D eigenvalue weighted by molar-refractivity contribution is 8.01. The van der Waals surface area contributed by atoms with E-state index < -0.39 is 0 Å². The van der Waals surface area contributed by atoms with E-state index in [1.165, 1.54) is 25.7 Å². The molecular weight excluding hydrogens is 308 g/mol. The van der Waals surface area contributed by atoms with Crippen LogP contribution in [0, 0.1) is 17.8 Å². The number of rotatable bonds is 3. The Balaban J connectivity index is 1.78. The first-order chi connectivity index (χ1) is 10.9. The van der Waals surface area contributed by atoms with Gasteiger partial charge in [-0.2, -0.15) is 0 Å². The molecule has 2 aliphatic carbocycles. The van der Waals surface area contributed by atoms with Crippen LogP contribution in [0.3, 0.4) is 0 Å². The molecule has 0 aromatic carbocycles. The van der Waals surface area contributed by atoms with Gasteiger partial charge in [0.2, 0.25) is 0 Å². The lowest BCUT2D eigenvalue weighted by atomic mass is 9.74. The molecule has 1 saturated heterocycles. The Labute approximate surface area is 145 Å². The summed E-state index contributed by atoms with van der Waals surface area (Å²) < 4.78 is 12.2. The van der Waals surface area contributed by atoms with Crippen molar-refractivity contribution in [3.63, 3.8) is 0 Å². The molecule has 0 amide bonds. The van der Waals surface area contributed by atoms with Crippen molar-refractivity contribution in [2.45, 2.75) is 88.4 Å². The van der Waals surface area contributed by atoms with E-state index in [-0.39, 0.29) is 15.6 Å². The minimum absolute atomic E-state index is 0.0556. The average molecular weight is 341 g/mol. The molecule has 3 aliphatic rings. The average Bonchev–Trinajstić information content (AvgIpc) is 2.79. The fourth-order valence-electron chi connectivity index (χ4n) is 5.04. The van der Waals surface area contributed by atoms with Gasteiger partial charge in [-0.3, -0.25) is 4.79 Å². The van der Waals surface area contributed by atoms with Crippen molar-refractivity contribution in [1.82, 2.24) is 0 Å². The van der Waals surface area contributed by atoms with Gasteiger partial charge in [0.05, 0.1) is 19.1 Å². The van der Waals surface area contributed by atoms with Crippen LogP contribution in [0.2, 0.25) is 0 Å². The zero-order valence-electron chi connectivity index (χ0n) is 15.1. The Bertz CT molecular complexity index is 450. The van der Waals surface area contributed by atoms with Gasteiger partial charge in [-0.15, -0.1) is 11.8 Å². The summed E-state index contributed by atoms with van der Waals surface area (Å²) in [4.78, 5) is 11.9. The highest BCUT2D eigenvalue weighted by Crippen LogP contribution is 2.61. The maximum atomic E-state index is 12.0. The molecule has 0 aromatic heterocycles. The van der Waals surface area contributed by atoms with Gasteiger partial charge in [-0.1, -0.05) is 27.2 Å². The van der Waals surface area contributed by atoms with E-state index in [9.17, 15) is 4.79 Å². The molecule has 3 fully saturated rings. The van der Waals surface area contributed by atoms with Crippen molar-refractivity contribution in [2.24, 2.45) is 17.8 Å². The minimum Gasteiger partial charge on any atom is -0.466 e. The highest BCUT2D eigenvalue weighted by Gasteiger charge is 2.57. The van der Waals surface area contributed by atoms with Crippen LogP contribution in [0.15, 0.2) is 0 Å². The summed E-state index contributed by atoms with van der Waals surface area (Å²) in [5, 5.41) is 0. The van der Waals surface area contributed by atoms with Gasteiger partial charge < -0.3 is 9.47 Å². The Hall–Kier alpha value is -0.220. The summed E-state index contributed by atoms with van der Waals surface area (Å²) in [6.45, 7) is 9.50. The van der Waals surface area contributed by atoms with Crippen LogP contribution in [-0.4, -0.2) is 28.4 Å². The van der Waals surface area contributed by atoms with Crippen LogP contribution in [0.5, 0.6) is 0 Å². The quantitative estimate of drug-likeness (QED) is 0.693. The molecular formula is C19H32O3S. The van der Waals surface area contributed by atoms with Crippen LogP contribution in [-0.2, 0) is 14.3 Å². The monoisotopic (exact) mass is 340 g/mol. The first kappa shape index (κ1) is 17.6. The van der Waals surface area contributed by atoms with Crippen molar-refractivity contribution in [2.75, 3.05) is 6.61 Å². The Kier molecular flexibility index (Phi) is 5.04. The third-order valence-corrected chi connectivity index (χ3v) is 7.96. The molecule has 23 heavy (non-hydrogen) atoms. The van der Waals surface area contributed by atoms with Gasteiger partial charge in [0.1, 0.15) is 4.93 Å². The molecule has 0 aromatic rings. The van der Waals surface area contributed by atoms with Crippen molar-refractivity contribution < 1.29 is 14.3 Å². The van der Waals surface area contributed by atoms with Gasteiger partial charge in [0.15, 0.2) is 0 Å². The van der Waals surface area contributed by atoms with E-state index >= 15 is 0 Å². The maximum absolute atomic E-state index is 12.0. The number of ether oxygens (including phenoxy) is 2. The highest BCUT2D eigenvalue weighted by atomic mass is 32.2. The topological polar surface area (TPSA) is 35.5 Å². The fraction of sp³-hybridized carbons (Fsp3) is 0.947. The molecule has 0 radical (unpaired) electrons. The third-order valence-electron chi connectivity index (χ3n) is 6.15. The predicted molar refractivity (Wildman–Crippen MR) is 94.4 cm³/mol. The van der Waals surface area contributed by atoms with Crippen molar-refractivity contribution in [3.8, 4) is 0 Å². The second-order valence-corrected chi connectivity index (χ2v) is 10.2. The summed E-state index contributed by atoms with van der Waals surface area (Å²) in [7, 11) is 0. The molecule has 3 rings (SSSR count). The lowest BCUT2D eigenvalue weighted by molar-refractivity contribution is -0.150. The lowest BCUT2D eigenvalue weighted by Crippen LogP contribution is -2.55. The Morgan fingerprint density at radius 1 is 1.30 bits per heavy atom. The van der Waals surface area contributed by atoms with E-state index in [0.717, 1.165) is 18.8 Å². The summed E-state index contributed by atoms with van der Waals surface area (Å²) in [6.07, 6.45) is 8.03. The first-order valence-electron chi connectivity index (χ1n) is 9.40. The summed E-state index contributed by atoms with van der Waals surface area (Å²) in [5.74, 6) is 1.67. The normalized spacial score (nSPS) is 42.4. The molecule has 0 N–H and O–H groups in total. The number of carbonyl (C=O) groups is 1. The van der Waals surface area contributed by atoms with E-state index in [1.807, 2.05) is 18.7 Å². The number of thioether (sulfide) groups is 1. The van der Waals surface area contributed by atoms with Crippen molar-refractivity contribution >= 4 is 17.7 Å². The second kappa shape index (κ2) is 6.59. The van der Waals surface area contributed by atoms with Gasteiger partial charge >= 0.3 is 5.97 Å². The van der Waals surface area contributed by atoms with Gasteiger partial charge in [-0.05, 0) is 50.9 Å². The molecule has 2 saturated carbocycles. The Morgan fingerprint density at radius 3 is 2.83 bits per heavy atom. The second-order valence-electron chi connectivity index (χ2n) is 8.30. The largest absolute Gasteiger partial charge is 0.466 e.